The molecule has 1 fully saturated rings. The lowest BCUT2D eigenvalue weighted by molar-refractivity contribution is -0.125. The zero-order chi connectivity index (χ0) is 17.0. The molecule has 0 spiro atoms. The Morgan fingerprint density at radius 3 is 2.62 bits per heavy atom. The fourth-order valence-electron chi connectivity index (χ4n) is 3.75. The molecule has 1 aliphatic rings. The van der Waals surface area contributed by atoms with E-state index in [1.807, 2.05) is 31.3 Å². The van der Waals surface area contributed by atoms with Crippen molar-refractivity contribution in [1.82, 2.24) is 15.1 Å². The second kappa shape index (κ2) is 7.16. The number of hydrogen-bond acceptors (Lipinski definition) is 2. The van der Waals surface area contributed by atoms with Gasteiger partial charge in [0.05, 0.1) is 0 Å². The number of nitrogens with zero attached hydrogens (tertiary/aromatic N) is 2. The minimum Gasteiger partial charge on any atom is -0.353 e. The maximum Gasteiger partial charge on any atom is 0.244 e. The molecule has 1 heterocycles. The number of carbonyl (C=O) groups excluding carboxylic acids is 1. The molecular formula is C19H24FN3O. The lowest BCUT2D eigenvalue weighted by Gasteiger charge is -2.31. The summed E-state index contributed by atoms with van der Waals surface area (Å²) in [6, 6.07) is 8.28. The summed E-state index contributed by atoms with van der Waals surface area (Å²) < 4.78 is 14.9. The van der Waals surface area contributed by atoms with Crippen molar-refractivity contribution in [2.45, 2.75) is 50.5 Å². The van der Waals surface area contributed by atoms with Gasteiger partial charge in [0.1, 0.15) is 11.9 Å². The van der Waals surface area contributed by atoms with Gasteiger partial charge in [0.25, 0.3) is 0 Å². The summed E-state index contributed by atoms with van der Waals surface area (Å²) in [5, 5.41) is 7.31. The molecule has 3 rings (SSSR count). The van der Waals surface area contributed by atoms with Gasteiger partial charge < -0.3 is 5.32 Å². The maximum atomic E-state index is 13.2. The molecule has 2 aromatic rings. The molecule has 5 heteroatoms. The molecule has 1 N–H and O–H groups in total. The molecule has 0 aliphatic heterocycles. The van der Waals surface area contributed by atoms with E-state index in [0.29, 0.717) is 13.0 Å². The van der Waals surface area contributed by atoms with E-state index in [4.69, 9.17) is 0 Å². The van der Waals surface area contributed by atoms with Crippen LogP contribution in [0.25, 0.3) is 0 Å². The fourth-order valence-corrected chi connectivity index (χ4v) is 3.75. The van der Waals surface area contributed by atoms with Crippen molar-refractivity contribution in [1.29, 1.82) is 0 Å². The molecule has 1 unspecified atom stereocenters. The third-order valence-electron chi connectivity index (χ3n) is 5.15. The van der Waals surface area contributed by atoms with E-state index >= 15 is 0 Å². The highest BCUT2D eigenvalue weighted by molar-refractivity contribution is 5.80. The number of aromatic nitrogens is 2. The summed E-state index contributed by atoms with van der Waals surface area (Å²) in [5.41, 5.74) is 1.04. The third kappa shape index (κ3) is 3.35. The third-order valence-corrected chi connectivity index (χ3v) is 5.15. The number of halogens is 1. The Morgan fingerprint density at radius 2 is 2.04 bits per heavy atom. The molecule has 4 nitrogen and oxygen atoms in total. The topological polar surface area (TPSA) is 46.9 Å². The van der Waals surface area contributed by atoms with Crippen LogP contribution < -0.4 is 5.32 Å². The second-order valence-electron chi connectivity index (χ2n) is 6.62. The van der Waals surface area contributed by atoms with Gasteiger partial charge in [0, 0.05) is 24.4 Å². The van der Waals surface area contributed by atoms with Gasteiger partial charge in [-0.3, -0.25) is 9.48 Å². The van der Waals surface area contributed by atoms with Crippen molar-refractivity contribution in [2.75, 3.05) is 6.54 Å². The summed E-state index contributed by atoms with van der Waals surface area (Å²) in [7, 11) is 0. The summed E-state index contributed by atoms with van der Waals surface area (Å²) in [6.07, 6.45) is 8.53. The van der Waals surface area contributed by atoms with Crippen molar-refractivity contribution in [2.24, 2.45) is 0 Å². The van der Waals surface area contributed by atoms with Crippen molar-refractivity contribution in [3.63, 3.8) is 0 Å². The summed E-state index contributed by atoms with van der Waals surface area (Å²) >= 11 is 0. The van der Waals surface area contributed by atoms with Crippen LogP contribution in [0.3, 0.4) is 0 Å². The Balaban J connectivity index is 1.72. The molecule has 1 amide bonds. The summed E-state index contributed by atoms with van der Waals surface area (Å²) in [4.78, 5) is 12.6. The first-order valence-electron chi connectivity index (χ1n) is 8.67. The molecule has 24 heavy (non-hydrogen) atoms. The molecule has 1 aromatic heterocycles. The molecule has 128 valence electrons. The summed E-state index contributed by atoms with van der Waals surface area (Å²) in [5.74, 6) is -0.227. The van der Waals surface area contributed by atoms with Crippen LogP contribution in [0.4, 0.5) is 4.39 Å². The van der Waals surface area contributed by atoms with E-state index in [0.717, 1.165) is 31.2 Å². The van der Waals surface area contributed by atoms with E-state index < -0.39 is 0 Å². The Bertz CT molecular complexity index is 660. The van der Waals surface area contributed by atoms with Crippen LogP contribution in [0.1, 0.15) is 50.6 Å². The highest BCUT2D eigenvalue weighted by Crippen LogP contribution is 2.40. The Morgan fingerprint density at radius 1 is 1.33 bits per heavy atom. The van der Waals surface area contributed by atoms with Crippen LogP contribution in [0.15, 0.2) is 42.7 Å². The number of carbonyl (C=O) groups is 1. The number of rotatable bonds is 6. The normalized spacial score (nSPS) is 17.6. The van der Waals surface area contributed by atoms with Gasteiger partial charge in [-0.2, -0.15) is 5.10 Å². The molecule has 0 saturated heterocycles. The van der Waals surface area contributed by atoms with Crippen LogP contribution in [0.5, 0.6) is 0 Å². The predicted octanol–water partition coefficient (Wildman–Crippen LogP) is 3.60. The van der Waals surface area contributed by atoms with E-state index in [1.54, 1.807) is 10.9 Å². The SMILES string of the molecule is CCC(C(=O)NCC1(c2ccc(F)cc2)CCCC1)n1cccn1. The summed E-state index contributed by atoms with van der Waals surface area (Å²) in [6.45, 7) is 2.58. The van der Waals surface area contributed by atoms with E-state index in [9.17, 15) is 9.18 Å². The predicted molar refractivity (Wildman–Crippen MR) is 91.1 cm³/mol. The van der Waals surface area contributed by atoms with Gasteiger partial charge >= 0.3 is 0 Å². The minimum atomic E-state index is -0.285. The standard InChI is InChI=1S/C19H24FN3O/c1-2-17(23-13-5-12-22-23)18(24)21-14-19(10-3-4-11-19)15-6-8-16(20)9-7-15/h5-9,12-13,17H,2-4,10-11,14H2,1H3,(H,21,24). The van der Waals surface area contributed by atoms with Crippen LogP contribution in [0, 0.1) is 5.82 Å². The lowest BCUT2D eigenvalue weighted by atomic mass is 9.78. The van der Waals surface area contributed by atoms with Crippen LogP contribution in [-0.4, -0.2) is 22.2 Å². The number of benzene rings is 1. The van der Waals surface area contributed by atoms with E-state index in [1.165, 1.54) is 12.1 Å². The smallest absolute Gasteiger partial charge is 0.244 e. The van der Waals surface area contributed by atoms with E-state index in [-0.39, 0.29) is 23.2 Å². The Hall–Kier alpha value is -2.17. The Labute approximate surface area is 142 Å². The maximum absolute atomic E-state index is 13.2. The van der Waals surface area contributed by atoms with Crippen molar-refractivity contribution >= 4 is 5.91 Å². The number of hydrogen-bond donors (Lipinski definition) is 1. The van der Waals surface area contributed by atoms with Gasteiger partial charge in [-0.05, 0) is 43.0 Å². The first-order chi connectivity index (χ1) is 11.6. The molecule has 0 bridgehead atoms. The van der Waals surface area contributed by atoms with Gasteiger partial charge in [0.15, 0.2) is 0 Å². The van der Waals surface area contributed by atoms with E-state index in [2.05, 4.69) is 10.4 Å². The highest BCUT2D eigenvalue weighted by Gasteiger charge is 2.36. The number of amides is 1. The number of nitrogens with one attached hydrogen (secondary N) is 1. The zero-order valence-corrected chi connectivity index (χ0v) is 14.0. The van der Waals surface area contributed by atoms with Gasteiger partial charge in [-0.25, -0.2) is 4.39 Å². The van der Waals surface area contributed by atoms with Crippen molar-refractivity contribution in [3.8, 4) is 0 Å². The van der Waals surface area contributed by atoms with Crippen LogP contribution in [-0.2, 0) is 10.2 Å². The van der Waals surface area contributed by atoms with Gasteiger partial charge in [-0.15, -0.1) is 0 Å². The van der Waals surface area contributed by atoms with Gasteiger partial charge in [-0.1, -0.05) is 31.9 Å². The highest BCUT2D eigenvalue weighted by atomic mass is 19.1. The molecular weight excluding hydrogens is 305 g/mol. The largest absolute Gasteiger partial charge is 0.353 e. The van der Waals surface area contributed by atoms with Gasteiger partial charge in [0.2, 0.25) is 5.91 Å². The molecule has 0 radical (unpaired) electrons. The van der Waals surface area contributed by atoms with Crippen LogP contribution >= 0.6 is 0 Å². The molecule has 1 aromatic carbocycles. The molecule has 1 saturated carbocycles. The first kappa shape index (κ1) is 16.7. The molecule has 1 atom stereocenters. The average molecular weight is 329 g/mol. The quantitative estimate of drug-likeness (QED) is 0.880. The average Bonchev–Trinajstić information content (AvgIpc) is 3.27. The fraction of sp³-hybridized carbons (Fsp3) is 0.474. The van der Waals surface area contributed by atoms with Crippen LogP contribution in [0.2, 0.25) is 0 Å². The monoisotopic (exact) mass is 329 g/mol. The first-order valence-corrected chi connectivity index (χ1v) is 8.67. The van der Waals surface area contributed by atoms with Crippen molar-refractivity contribution < 1.29 is 9.18 Å². The zero-order valence-electron chi connectivity index (χ0n) is 14.0. The second-order valence-corrected chi connectivity index (χ2v) is 6.62. The molecule has 1 aliphatic carbocycles. The minimum absolute atomic E-state index is 0.00501. The van der Waals surface area contributed by atoms with Crippen molar-refractivity contribution in [3.05, 3.63) is 54.1 Å². The Kier molecular flexibility index (Phi) is 4.97. The lowest BCUT2D eigenvalue weighted by Crippen LogP contribution is -2.42.